The number of piperidine rings is 1. The van der Waals surface area contributed by atoms with Gasteiger partial charge >= 0.3 is 6.03 Å². The second-order valence-electron chi connectivity index (χ2n) is 3.32. The molecule has 2 amide bonds. The molecule has 0 saturated carbocycles. The number of carbonyl (C=O) groups excluding carboxylic acids is 1. The third-order valence-corrected chi connectivity index (χ3v) is 2.15. The van der Waals surface area contributed by atoms with Crippen molar-refractivity contribution in [3.8, 4) is 0 Å². The largest absolute Gasteiger partial charge is 0.390 e. The summed E-state index contributed by atoms with van der Waals surface area (Å²) in [7, 11) is 0. The van der Waals surface area contributed by atoms with E-state index in [1.807, 2.05) is 0 Å². The lowest BCUT2D eigenvalue weighted by Crippen LogP contribution is -2.47. The second kappa shape index (κ2) is 2.70. The van der Waals surface area contributed by atoms with Gasteiger partial charge in [0.25, 0.3) is 0 Å². The number of carbonyl (C=O) groups is 1. The van der Waals surface area contributed by atoms with Crippen molar-refractivity contribution >= 4 is 6.03 Å². The van der Waals surface area contributed by atoms with Crippen LogP contribution in [0.4, 0.5) is 4.79 Å². The van der Waals surface area contributed by atoms with E-state index in [4.69, 9.17) is 5.73 Å². The minimum atomic E-state index is -0.605. The van der Waals surface area contributed by atoms with E-state index in [9.17, 15) is 9.90 Å². The highest BCUT2D eigenvalue weighted by atomic mass is 16.3. The zero-order valence-corrected chi connectivity index (χ0v) is 6.71. The van der Waals surface area contributed by atoms with Crippen LogP contribution in [0.5, 0.6) is 0 Å². The van der Waals surface area contributed by atoms with Gasteiger partial charge in [0.15, 0.2) is 0 Å². The van der Waals surface area contributed by atoms with Crippen molar-refractivity contribution in [3.05, 3.63) is 0 Å². The van der Waals surface area contributed by atoms with Crippen LogP contribution in [0.15, 0.2) is 0 Å². The Morgan fingerprint density at radius 2 is 2.00 bits per heavy atom. The third-order valence-electron chi connectivity index (χ3n) is 2.15. The molecule has 11 heavy (non-hydrogen) atoms. The Labute approximate surface area is 66.0 Å². The summed E-state index contributed by atoms with van der Waals surface area (Å²) >= 11 is 0. The van der Waals surface area contributed by atoms with E-state index in [0.29, 0.717) is 25.9 Å². The standard InChI is InChI=1S/C7H14N2O2/c1-7(11)2-4-9(5-3-7)6(8)10/h11H,2-5H2,1H3,(H2,8,10). The number of nitrogens with two attached hydrogens (primary N) is 1. The average molecular weight is 158 g/mol. The monoisotopic (exact) mass is 158 g/mol. The maximum Gasteiger partial charge on any atom is 0.314 e. The Balaban J connectivity index is 2.42. The first-order chi connectivity index (χ1) is 5.01. The molecule has 3 N–H and O–H groups in total. The van der Waals surface area contributed by atoms with Gasteiger partial charge in [0, 0.05) is 13.1 Å². The van der Waals surface area contributed by atoms with Crippen LogP contribution in [-0.4, -0.2) is 34.7 Å². The Morgan fingerprint density at radius 1 is 1.55 bits per heavy atom. The quantitative estimate of drug-likeness (QED) is 0.517. The number of urea groups is 1. The topological polar surface area (TPSA) is 66.6 Å². The normalized spacial score (nSPS) is 23.3. The molecule has 4 nitrogen and oxygen atoms in total. The Kier molecular flexibility index (Phi) is 2.04. The van der Waals surface area contributed by atoms with Crippen molar-refractivity contribution < 1.29 is 9.90 Å². The summed E-state index contributed by atoms with van der Waals surface area (Å²) in [6.45, 7) is 2.93. The fourth-order valence-electron chi connectivity index (χ4n) is 1.21. The summed E-state index contributed by atoms with van der Waals surface area (Å²) in [6.07, 6.45) is 1.24. The van der Waals surface area contributed by atoms with Crippen LogP contribution in [0, 0.1) is 0 Å². The van der Waals surface area contributed by atoms with Gasteiger partial charge in [-0.25, -0.2) is 4.79 Å². The molecule has 0 bridgehead atoms. The van der Waals surface area contributed by atoms with Gasteiger partial charge in [-0.3, -0.25) is 0 Å². The molecule has 1 aliphatic heterocycles. The van der Waals surface area contributed by atoms with Crippen molar-refractivity contribution in [2.75, 3.05) is 13.1 Å². The van der Waals surface area contributed by atoms with E-state index in [0.717, 1.165) is 0 Å². The van der Waals surface area contributed by atoms with E-state index < -0.39 is 5.60 Å². The van der Waals surface area contributed by atoms with Crippen LogP contribution in [0.2, 0.25) is 0 Å². The number of hydrogen-bond acceptors (Lipinski definition) is 2. The van der Waals surface area contributed by atoms with Crippen molar-refractivity contribution in [1.82, 2.24) is 4.90 Å². The van der Waals surface area contributed by atoms with E-state index in [1.165, 1.54) is 0 Å². The minimum absolute atomic E-state index is 0.388. The average Bonchev–Trinajstić information content (AvgIpc) is 1.86. The number of rotatable bonds is 0. The van der Waals surface area contributed by atoms with Crippen LogP contribution in [0.25, 0.3) is 0 Å². The zero-order chi connectivity index (χ0) is 8.48. The number of aliphatic hydroxyl groups is 1. The van der Waals surface area contributed by atoms with Gasteiger partial charge in [0.1, 0.15) is 0 Å². The summed E-state index contributed by atoms with van der Waals surface area (Å²) in [5, 5.41) is 9.50. The molecule has 0 aliphatic carbocycles. The van der Waals surface area contributed by atoms with Crippen LogP contribution in [0.1, 0.15) is 19.8 Å². The van der Waals surface area contributed by atoms with Gasteiger partial charge in [-0.15, -0.1) is 0 Å². The predicted octanol–water partition coefficient (Wildman–Crippen LogP) is -0.0881. The number of hydrogen-bond donors (Lipinski definition) is 2. The second-order valence-corrected chi connectivity index (χ2v) is 3.32. The molecule has 1 heterocycles. The number of primary amides is 1. The van der Waals surface area contributed by atoms with Gasteiger partial charge in [-0.1, -0.05) is 0 Å². The van der Waals surface area contributed by atoms with Crippen LogP contribution in [0.3, 0.4) is 0 Å². The van der Waals surface area contributed by atoms with Gasteiger partial charge in [-0.05, 0) is 19.8 Å². The van der Waals surface area contributed by atoms with Crippen molar-refractivity contribution in [2.45, 2.75) is 25.4 Å². The highest BCUT2D eigenvalue weighted by Gasteiger charge is 2.28. The van der Waals surface area contributed by atoms with Gasteiger partial charge in [0.2, 0.25) is 0 Å². The van der Waals surface area contributed by atoms with Gasteiger partial charge in [-0.2, -0.15) is 0 Å². The lowest BCUT2D eigenvalue weighted by molar-refractivity contribution is 0.00528. The molecule has 0 aromatic carbocycles. The maximum absolute atomic E-state index is 10.6. The molecular formula is C7H14N2O2. The van der Waals surface area contributed by atoms with Gasteiger partial charge in [0.05, 0.1) is 5.60 Å². The highest BCUT2D eigenvalue weighted by molar-refractivity contribution is 5.72. The van der Waals surface area contributed by atoms with E-state index in [1.54, 1.807) is 11.8 Å². The zero-order valence-electron chi connectivity index (χ0n) is 6.71. The molecule has 0 aromatic rings. The fourth-order valence-corrected chi connectivity index (χ4v) is 1.21. The molecule has 1 fully saturated rings. The molecule has 1 aliphatic rings. The molecule has 0 radical (unpaired) electrons. The van der Waals surface area contributed by atoms with Crippen LogP contribution in [-0.2, 0) is 0 Å². The molecule has 0 unspecified atom stereocenters. The SMILES string of the molecule is CC1(O)CCN(C(N)=O)CC1. The molecule has 1 rings (SSSR count). The summed E-state index contributed by atoms with van der Waals surface area (Å²) in [5.74, 6) is 0. The first kappa shape index (κ1) is 8.33. The molecule has 4 heteroatoms. The summed E-state index contributed by atoms with van der Waals surface area (Å²) in [5.41, 5.74) is 4.46. The molecule has 64 valence electrons. The number of amides is 2. The third kappa shape index (κ3) is 2.08. The summed E-state index contributed by atoms with van der Waals surface area (Å²) < 4.78 is 0. The Hall–Kier alpha value is -0.770. The fraction of sp³-hybridized carbons (Fsp3) is 0.857. The molecular weight excluding hydrogens is 144 g/mol. The molecule has 0 atom stereocenters. The number of likely N-dealkylation sites (tertiary alicyclic amines) is 1. The number of nitrogens with zero attached hydrogens (tertiary/aromatic N) is 1. The lowest BCUT2D eigenvalue weighted by atomic mass is 9.94. The molecule has 1 saturated heterocycles. The highest BCUT2D eigenvalue weighted by Crippen LogP contribution is 2.20. The molecule has 0 spiro atoms. The van der Waals surface area contributed by atoms with E-state index in [2.05, 4.69) is 0 Å². The molecule has 0 aromatic heterocycles. The smallest absolute Gasteiger partial charge is 0.314 e. The lowest BCUT2D eigenvalue weighted by Gasteiger charge is -2.34. The first-order valence-corrected chi connectivity index (χ1v) is 3.78. The van der Waals surface area contributed by atoms with Crippen LogP contribution >= 0.6 is 0 Å². The van der Waals surface area contributed by atoms with Crippen molar-refractivity contribution in [1.29, 1.82) is 0 Å². The Bertz CT molecular complexity index is 158. The predicted molar refractivity (Wildman–Crippen MR) is 41.0 cm³/mol. The van der Waals surface area contributed by atoms with Gasteiger partial charge < -0.3 is 15.7 Å². The van der Waals surface area contributed by atoms with Crippen LogP contribution < -0.4 is 5.73 Å². The Morgan fingerprint density at radius 3 is 2.36 bits per heavy atom. The maximum atomic E-state index is 10.6. The minimum Gasteiger partial charge on any atom is -0.390 e. The van der Waals surface area contributed by atoms with Crippen molar-refractivity contribution in [2.24, 2.45) is 5.73 Å². The summed E-state index contributed by atoms with van der Waals surface area (Å²) in [4.78, 5) is 12.2. The van der Waals surface area contributed by atoms with E-state index in [-0.39, 0.29) is 6.03 Å². The van der Waals surface area contributed by atoms with Crippen molar-refractivity contribution in [3.63, 3.8) is 0 Å². The summed E-state index contributed by atoms with van der Waals surface area (Å²) in [6, 6.07) is -0.388. The first-order valence-electron chi connectivity index (χ1n) is 3.78. The van der Waals surface area contributed by atoms with E-state index >= 15 is 0 Å².